The van der Waals surface area contributed by atoms with E-state index < -0.39 is 18.0 Å². The van der Waals surface area contributed by atoms with Gasteiger partial charge in [-0.25, -0.2) is 4.79 Å². The summed E-state index contributed by atoms with van der Waals surface area (Å²) in [6.45, 7) is 0.136. The molecule has 3 aromatic rings. The minimum absolute atomic E-state index is 0.108. The predicted molar refractivity (Wildman–Crippen MR) is 129 cm³/mol. The zero-order valence-corrected chi connectivity index (χ0v) is 19.7. The minimum atomic E-state index is -0.879. The van der Waals surface area contributed by atoms with E-state index in [0.29, 0.717) is 5.75 Å². The second-order valence-electron chi connectivity index (χ2n) is 8.92. The lowest BCUT2D eigenvalue weighted by molar-refractivity contribution is -0.131. The number of benzene rings is 2. The normalized spacial score (nSPS) is 19.4. The molecule has 0 radical (unpaired) electrons. The van der Waals surface area contributed by atoms with Gasteiger partial charge in [0.25, 0.3) is 5.91 Å². The highest BCUT2D eigenvalue weighted by atomic mass is 16.5. The predicted octanol–water partition coefficient (Wildman–Crippen LogP) is 3.19. The van der Waals surface area contributed by atoms with Gasteiger partial charge >= 0.3 is 6.03 Å². The van der Waals surface area contributed by atoms with Crippen molar-refractivity contribution >= 4 is 28.7 Å². The minimum Gasteiger partial charge on any atom is -0.497 e. The van der Waals surface area contributed by atoms with E-state index in [2.05, 4.69) is 15.6 Å². The van der Waals surface area contributed by atoms with Crippen LogP contribution in [0.25, 0.3) is 10.9 Å². The molecule has 2 aromatic carbocycles. The van der Waals surface area contributed by atoms with Crippen molar-refractivity contribution in [1.82, 2.24) is 20.5 Å². The summed E-state index contributed by atoms with van der Waals surface area (Å²) in [6, 6.07) is 11.5. The Morgan fingerprint density at radius 2 is 1.83 bits per heavy atom. The fourth-order valence-electron chi connectivity index (χ4n) is 4.93. The summed E-state index contributed by atoms with van der Waals surface area (Å²) < 4.78 is 10.5. The molecular weight excluding hydrogens is 448 g/mol. The molecule has 182 valence electrons. The Balaban J connectivity index is 1.24. The van der Waals surface area contributed by atoms with Crippen LogP contribution in [0.5, 0.6) is 11.5 Å². The molecule has 1 fully saturated rings. The monoisotopic (exact) mass is 476 g/mol. The van der Waals surface area contributed by atoms with Crippen molar-refractivity contribution in [3.8, 4) is 11.5 Å². The molecular formula is C26H28N4O5. The van der Waals surface area contributed by atoms with Gasteiger partial charge in [-0.05, 0) is 60.7 Å². The molecule has 0 spiro atoms. The Kier molecular flexibility index (Phi) is 6.07. The van der Waals surface area contributed by atoms with E-state index in [0.717, 1.165) is 52.1 Å². The number of amides is 4. The van der Waals surface area contributed by atoms with Crippen LogP contribution in [0.3, 0.4) is 0 Å². The summed E-state index contributed by atoms with van der Waals surface area (Å²) in [5.74, 6) is 0.813. The average Bonchev–Trinajstić information content (AvgIpc) is 3.37. The highest BCUT2D eigenvalue weighted by Gasteiger charge is 2.39. The summed E-state index contributed by atoms with van der Waals surface area (Å²) in [4.78, 5) is 42.8. The van der Waals surface area contributed by atoms with Crippen LogP contribution in [0.1, 0.15) is 42.1 Å². The molecule has 9 heteroatoms. The summed E-state index contributed by atoms with van der Waals surface area (Å²) in [5, 5.41) is 6.82. The smallest absolute Gasteiger partial charge is 0.325 e. The second kappa shape index (κ2) is 9.32. The van der Waals surface area contributed by atoms with Gasteiger partial charge in [-0.2, -0.15) is 0 Å². The number of ether oxygens (including phenoxy) is 2. The maximum absolute atomic E-state index is 12.9. The molecule has 1 aromatic heterocycles. The molecule has 2 atom stereocenters. The van der Waals surface area contributed by atoms with Gasteiger partial charge in [0, 0.05) is 16.6 Å². The molecule has 1 aliphatic heterocycles. The van der Waals surface area contributed by atoms with Crippen LogP contribution in [0.15, 0.2) is 42.5 Å². The van der Waals surface area contributed by atoms with Gasteiger partial charge < -0.3 is 25.1 Å². The molecule has 1 saturated heterocycles. The largest absolute Gasteiger partial charge is 0.497 e. The number of aromatic amines is 1. The fourth-order valence-corrected chi connectivity index (χ4v) is 4.93. The summed E-state index contributed by atoms with van der Waals surface area (Å²) in [5.41, 5.74) is 3.98. The number of H-pyrrole nitrogens is 1. The molecule has 0 saturated carbocycles. The highest BCUT2D eigenvalue weighted by Crippen LogP contribution is 2.36. The molecule has 5 rings (SSSR count). The summed E-state index contributed by atoms with van der Waals surface area (Å²) >= 11 is 0. The van der Waals surface area contributed by atoms with Crippen LogP contribution in [-0.4, -0.2) is 48.0 Å². The molecule has 2 heterocycles. The molecule has 4 amide bonds. The third-order valence-electron chi connectivity index (χ3n) is 6.75. The van der Waals surface area contributed by atoms with Crippen molar-refractivity contribution < 1.29 is 23.9 Å². The first kappa shape index (κ1) is 22.8. The third kappa shape index (κ3) is 4.41. The van der Waals surface area contributed by atoms with Crippen molar-refractivity contribution in [3.63, 3.8) is 0 Å². The number of hydrogen-bond acceptors (Lipinski definition) is 5. The van der Waals surface area contributed by atoms with E-state index in [1.165, 1.54) is 5.56 Å². The van der Waals surface area contributed by atoms with E-state index in [4.69, 9.17) is 9.47 Å². The number of nitrogens with zero attached hydrogens (tertiary/aromatic N) is 1. The standard InChI is InChI=1S/C26H28N4O5/c1-34-16-8-6-15(7-9-16)14-30-25(32)22(29-26(30)33)13-23(31)27-21-5-3-4-18-19-12-17(35-2)10-11-20(19)28-24(18)21/h6-12,21-22,28H,3-5,13-14H2,1-2H3,(H,27,31)(H,29,33)/t21-,22-/m1/s1. The number of urea groups is 1. The number of nitrogens with one attached hydrogen (secondary N) is 3. The number of hydrogen-bond donors (Lipinski definition) is 3. The molecule has 0 unspecified atom stereocenters. The number of fused-ring (bicyclic) bond motifs is 3. The van der Waals surface area contributed by atoms with Crippen LogP contribution < -0.4 is 20.1 Å². The van der Waals surface area contributed by atoms with Crippen LogP contribution in [-0.2, 0) is 22.6 Å². The Morgan fingerprint density at radius 1 is 1.09 bits per heavy atom. The summed E-state index contributed by atoms with van der Waals surface area (Å²) in [7, 11) is 3.22. The molecule has 0 bridgehead atoms. The van der Waals surface area contributed by atoms with Crippen LogP contribution >= 0.6 is 0 Å². The van der Waals surface area contributed by atoms with Gasteiger partial charge in [-0.3, -0.25) is 14.5 Å². The van der Waals surface area contributed by atoms with Gasteiger partial charge in [0.05, 0.1) is 33.2 Å². The molecule has 2 aliphatic rings. The van der Waals surface area contributed by atoms with E-state index in [1.807, 2.05) is 18.2 Å². The Labute approximate surface area is 202 Å². The lowest BCUT2D eigenvalue weighted by Crippen LogP contribution is -2.38. The van der Waals surface area contributed by atoms with Gasteiger partial charge in [0.2, 0.25) is 5.91 Å². The second-order valence-corrected chi connectivity index (χ2v) is 8.92. The zero-order valence-electron chi connectivity index (χ0n) is 19.7. The van der Waals surface area contributed by atoms with Crippen LogP contribution in [0, 0.1) is 0 Å². The number of aryl methyl sites for hydroxylation is 1. The third-order valence-corrected chi connectivity index (χ3v) is 6.75. The van der Waals surface area contributed by atoms with Crippen molar-refractivity contribution in [1.29, 1.82) is 0 Å². The van der Waals surface area contributed by atoms with Gasteiger partial charge in [0.15, 0.2) is 0 Å². The maximum Gasteiger partial charge on any atom is 0.325 e. The highest BCUT2D eigenvalue weighted by molar-refractivity contribution is 6.05. The number of rotatable bonds is 7. The van der Waals surface area contributed by atoms with Crippen molar-refractivity contribution in [2.24, 2.45) is 0 Å². The van der Waals surface area contributed by atoms with E-state index in [-0.39, 0.29) is 24.9 Å². The number of carbonyl (C=O) groups is 3. The van der Waals surface area contributed by atoms with E-state index in [9.17, 15) is 14.4 Å². The summed E-state index contributed by atoms with van der Waals surface area (Å²) in [6.07, 6.45) is 2.56. The van der Waals surface area contributed by atoms with Crippen LogP contribution in [0.4, 0.5) is 4.79 Å². The van der Waals surface area contributed by atoms with Crippen LogP contribution in [0.2, 0.25) is 0 Å². The zero-order chi connectivity index (χ0) is 24.5. The average molecular weight is 477 g/mol. The van der Waals surface area contributed by atoms with Gasteiger partial charge in [-0.1, -0.05) is 12.1 Å². The first-order chi connectivity index (χ1) is 17.0. The quantitative estimate of drug-likeness (QED) is 0.454. The van der Waals surface area contributed by atoms with Crippen molar-refractivity contribution in [2.75, 3.05) is 14.2 Å². The van der Waals surface area contributed by atoms with Gasteiger partial charge in [0.1, 0.15) is 17.5 Å². The molecule has 1 aliphatic carbocycles. The van der Waals surface area contributed by atoms with E-state index >= 15 is 0 Å². The SMILES string of the molecule is COc1ccc(CN2C(=O)N[C@H](CC(=O)N[C@@H]3CCCc4c3[nH]c3ccc(OC)cc43)C2=O)cc1. The van der Waals surface area contributed by atoms with Crippen molar-refractivity contribution in [3.05, 3.63) is 59.3 Å². The Morgan fingerprint density at radius 3 is 2.57 bits per heavy atom. The number of methoxy groups -OCH3 is 2. The first-order valence-corrected chi connectivity index (χ1v) is 11.7. The lowest BCUT2D eigenvalue weighted by Gasteiger charge is -2.24. The molecule has 9 nitrogen and oxygen atoms in total. The molecule has 35 heavy (non-hydrogen) atoms. The topological polar surface area (TPSA) is 113 Å². The first-order valence-electron chi connectivity index (χ1n) is 11.7. The number of carbonyl (C=O) groups excluding carboxylic acids is 3. The maximum atomic E-state index is 12.9. The lowest BCUT2D eigenvalue weighted by atomic mass is 9.91. The fraction of sp³-hybridized carbons (Fsp3) is 0.346. The Bertz CT molecular complexity index is 1280. The number of imide groups is 1. The van der Waals surface area contributed by atoms with Crippen molar-refractivity contribution in [2.45, 2.75) is 44.3 Å². The number of aromatic nitrogens is 1. The van der Waals surface area contributed by atoms with E-state index in [1.54, 1.807) is 38.5 Å². The van der Waals surface area contributed by atoms with Gasteiger partial charge in [-0.15, -0.1) is 0 Å². The molecule has 3 N–H and O–H groups in total. The Hall–Kier alpha value is -4.01.